The van der Waals surface area contributed by atoms with E-state index < -0.39 is 14.2 Å². The molecule has 4 aromatic rings. The van der Waals surface area contributed by atoms with Gasteiger partial charge in [-0.25, -0.2) is 0 Å². The lowest BCUT2D eigenvalue weighted by Crippen LogP contribution is -2.41. The number of hydrogen-bond acceptors (Lipinski definition) is 4. The summed E-state index contributed by atoms with van der Waals surface area (Å²) in [5.74, 6) is 0. The van der Waals surface area contributed by atoms with Crippen LogP contribution in [0.15, 0.2) is 72.8 Å². The van der Waals surface area contributed by atoms with Crippen molar-refractivity contribution in [3.63, 3.8) is 0 Å². The van der Waals surface area contributed by atoms with Crippen molar-refractivity contribution in [3.8, 4) is 33.4 Å². The van der Waals surface area contributed by atoms with E-state index in [-0.39, 0.29) is 22.4 Å². The lowest BCUT2D eigenvalue weighted by Gasteiger charge is -2.32. The van der Waals surface area contributed by atoms with Gasteiger partial charge in [0.05, 0.1) is 22.4 Å². The van der Waals surface area contributed by atoms with Gasteiger partial charge in [0, 0.05) is 0 Å². The Balaban J connectivity index is 1.36. The highest BCUT2D eigenvalue weighted by atomic mass is 16.7. The van der Waals surface area contributed by atoms with Crippen molar-refractivity contribution < 1.29 is 18.6 Å². The van der Waals surface area contributed by atoms with Crippen LogP contribution in [-0.4, -0.2) is 36.6 Å². The first kappa shape index (κ1) is 32.8. The molecule has 46 heavy (non-hydrogen) atoms. The first-order valence-electron chi connectivity index (χ1n) is 16.5. The second-order valence-corrected chi connectivity index (χ2v) is 15.6. The van der Waals surface area contributed by atoms with Crippen LogP contribution in [0, 0.1) is 27.7 Å². The highest BCUT2D eigenvalue weighted by molar-refractivity contribution is 6.62. The number of rotatable bonds is 5. The summed E-state index contributed by atoms with van der Waals surface area (Å²) in [5, 5.41) is 0. The van der Waals surface area contributed by atoms with Crippen LogP contribution in [0.25, 0.3) is 33.4 Å². The molecule has 0 aliphatic carbocycles. The Labute approximate surface area is 277 Å². The third-order valence-corrected chi connectivity index (χ3v) is 10.4. The number of benzene rings is 4. The third kappa shape index (κ3) is 6.13. The molecule has 0 N–H and O–H groups in total. The molecule has 0 spiro atoms. The molecule has 0 aromatic heterocycles. The van der Waals surface area contributed by atoms with E-state index in [1.54, 1.807) is 0 Å². The summed E-state index contributed by atoms with van der Waals surface area (Å²) in [6, 6.07) is 27.0. The molecule has 2 aliphatic rings. The maximum absolute atomic E-state index is 6.41. The summed E-state index contributed by atoms with van der Waals surface area (Å²) in [7, 11) is -0.799. The molecule has 6 rings (SSSR count). The van der Waals surface area contributed by atoms with Crippen LogP contribution in [0.1, 0.15) is 77.6 Å². The van der Waals surface area contributed by atoms with Crippen LogP contribution in [0.4, 0.5) is 0 Å². The van der Waals surface area contributed by atoms with Gasteiger partial charge in [0.1, 0.15) is 0 Å². The van der Waals surface area contributed by atoms with E-state index in [1.807, 2.05) is 0 Å². The van der Waals surface area contributed by atoms with E-state index in [0.717, 1.165) is 22.1 Å². The highest BCUT2D eigenvalue weighted by Gasteiger charge is 2.52. The van der Waals surface area contributed by atoms with Crippen molar-refractivity contribution in [1.29, 1.82) is 0 Å². The maximum atomic E-state index is 6.41. The zero-order chi connectivity index (χ0) is 33.4. The molecule has 4 aromatic carbocycles. The first-order chi connectivity index (χ1) is 21.3. The van der Waals surface area contributed by atoms with Gasteiger partial charge in [0.15, 0.2) is 0 Å². The van der Waals surface area contributed by atoms with Crippen molar-refractivity contribution in [2.75, 3.05) is 0 Å². The average molecular weight is 614 g/mol. The summed E-state index contributed by atoms with van der Waals surface area (Å²) in [6.07, 6.45) is 0. The fourth-order valence-electron chi connectivity index (χ4n) is 6.42. The maximum Gasteiger partial charge on any atom is 0.494 e. The van der Waals surface area contributed by atoms with Crippen LogP contribution in [0.2, 0.25) is 0 Å². The van der Waals surface area contributed by atoms with Crippen LogP contribution in [0.3, 0.4) is 0 Å². The SMILES string of the molecule is Cc1cc(B2OC(C)(C)C(C)(C)O2)cc(-c2cc(C)cc(-c3cc(C)cc(-c4cc(C)cc(B5OC(C)(C)C(C)(C)O5)c4)c3)c2)c1. The summed E-state index contributed by atoms with van der Waals surface area (Å²) in [4.78, 5) is 0. The van der Waals surface area contributed by atoms with Gasteiger partial charge in [-0.2, -0.15) is 0 Å². The molecular formula is C40H48B2O4. The Morgan fingerprint density at radius 1 is 0.326 bits per heavy atom. The molecule has 0 amide bonds. The minimum Gasteiger partial charge on any atom is -0.399 e. The van der Waals surface area contributed by atoms with E-state index in [4.69, 9.17) is 18.6 Å². The van der Waals surface area contributed by atoms with Crippen molar-refractivity contribution >= 4 is 25.2 Å². The van der Waals surface area contributed by atoms with E-state index in [2.05, 4.69) is 156 Å². The fourth-order valence-corrected chi connectivity index (χ4v) is 6.42. The van der Waals surface area contributed by atoms with Gasteiger partial charge in [0.2, 0.25) is 0 Å². The van der Waals surface area contributed by atoms with Gasteiger partial charge < -0.3 is 18.6 Å². The molecule has 2 aliphatic heterocycles. The van der Waals surface area contributed by atoms with Crippen LogP contribution < -0.4 is 10.9 Å². The average Bonchev–Trinajstić information content (AvgIpc) is 3.31. The van der Waals surface area contributed by atoms with Gasteiger partial charge >= 0.3 is 14.2 Å². The van der Waals surface area contributed by atoms with Gasteiger partial charge in [-0.05, 0) is 151 Å². The molecule has 238 valence electrons. The van der Waals surface area contributed by atoms with Gasteiger partial charge in [-0.1, -0.05) is 71.8 Å². The Morgan fingerprint density at radius 3 is 0.804 bits per heavy atom. The molecule has 0 atom stereocenters. The zero-order valence-corrected chi connectivity index (χ0v) is 29.7. The summed E-state index contributed by atoms with van der Waals surface area (Å²) >= 11 is 0. The molecule has 0 unspecified atom stereocenters. The summed E-state index contributed by atoms with van der Waals surface area (Å²) in [6.45, 7) is 25.4. The zero-order valence-electron chi connectivity index (χ0n) is 29.7. The molecular weight excluding hydrogens is 566 g/mol. The monoisotopic (exact) mass is 614 g/mol. The quantitative estimate of drug-likeness (QED) is 0.211. The smallest absolute Gasteiger partial charge is 0.399 e. The Kier molecular flexibility index (Phi) is 8.00. The molecule has 6 heteroatoms. The van der Waals surface area contributed by atoms with Crippen molar-refractivity contribution in [2.24, 2.45) is 0 Å². The predicted octanol–water partition coefficient (Wildman–Crippen LogP) is 8.52. The first-order valence-corrected chi connectivity index (χ1v) is 16.5. The van der Waals surface area contributed by atoms with E-state index in [0.29, 0.717) is 0 Å². The Morgan fingerprint density at radius 2 is 0.543 bits per heavy atom. The molecule has 4 nitrogen and oxygen atoms in total. The molecule has 0 bridgehead atoms. The Bertz CT molecular complexity index is 1660. The van der Waals surface area contributed by atoms with Gasteiger partial charge in [-0.15, -0.1) is 0 Å². The standard InChI is InChI=1S/C40H48B2O4/c1-25-13-29(21-31(15-25)33-17-27(3)19-35(23-33)41-43-37(5,6)38(7,8)44-41)30-14-26(2)16-32(22-30)34-18-28(4)20-36(24-34)42-45-39(9,10)40(11,12)46-42/h13-24H,1-12H3. The van der Waals surface area contributed by atoms with E-state index in [9.17, 15) is 0 Å². The molecule has 2 saturated heterocycles. The summed E-state index contributed by atoms with van der Waals surface area (Å²) < 4.78 is 25.7. The second-order valence-electron chi connectivity index (χ2n) is 15.6. The van der Waals surface area contributed by atoms with Gasteiger partial charge in [-0.3, -0.25) is 0 Å². The van der Waals surface area contributed by atoms with Gasteiger partial charge in [0.25, 0.3) is 0 Å². The van der Waals surface area contributed by atoms with Crippen LogP contribution in [-0.2, 0) is 18.6 Å². The third-order valence-electron chi connectivity index (χ3n) is 10.4. The fraction of sp³-hybridized carbons (Fsp3) is 0.400. The lowest BCUT2D eigenvalue weighted by atomic mass is 9.76. The minimum absolute atomic E-state index is 0.386. The number of aryl methyl sites for hydroxylation is 4. The van der Waals surface area contributed by atoms with Crippen molar-refractivity contribution in [2.45, 2.75) is 105 Å². The van der Waals surface area contributed by atoms with Crippen molar-refractivity contribution in [3.05, 3.63) is 95.1 Å². The molecule has 2 heterocycles. The topological polar surface area (TPSA) is 36.9 Å². The van der Waals surface area contributed by atoms with Crippen molar-refractivity contribution in [1.82, 2.24) is 0 Å². The lowest BCUT2D eigenvalue weighted by molar-refractivity contribution is 0.00578. The van der Waals surface area contributed by atoms with Crippen LogP contribution >= 0.6 is 0 Å². The second kappa shape index (κ2) is 11.2. The molecule has 2 fully saturated rings. The predicted molar refractivity (Wildman–Crippen MR) is 193 cm³/mol. The Hall–Kier alpha value is -3.15. The van der Waals surface area contributed by atoms with E-state index >= 15 is 0 Å². The van der Waals surface area contributed by atoms with Crippen LogP contribution in [0.5, 0.6) is 0 Å². The molecule has 0 radical (unpaired) electrons. The molecule has 0 saturated carbocycles. The van der Waals surface area contributed by atoms with E-state index in [1.165, 1.54) is 44.5 Å². The highest BCUT2D eigenvalue weighted by Crippen LogP contribution is 2.39. The minimum atomic E-state index is -0.399. The number of hydrogen-bond donors (Lipinski definition) is 0. The summed E-state index contributed by atoms with van der Waals surface area (Å²) in [5.41, 5.74) is 12.4. The normalized spacial score (nSPS) is 19.6. The largest absolute Gasteiger partial charge is 0.494 e.